The monoisotopic (exact) mass is 342 g/mol. The summed E-state index contributed by atoms with van der Waals surface area (Å²) in [6.45, 7) is 0.721. The highest BCUT2D eigenvalue weighted by Gasteiger charge is 2.42. The topological polar surface area (TPSA) is 58.2 Å². The molecule has 2 amide bonds. The number of carbonyl (C=O) groups is 2. The first kappa shape index (κ1) is 16.5. The van der Waals surface area contributed by atoms with Gasteiger partial charge in [-0.25, -0.2) is 0 Å². The Hall–Kier alpha value is -2.33. The Morgan fingerprint density at radius 1 is 1.17 bits per heavy atom. The molecule has 1 aliphatic heterocycles. The van der Waals surface area contributed by atoms with Crippen LogP contribution in [-0.2, 0) is 21.5 Å². The van der Waals surface area contributed by atoms with Gasteiger partial charge in [-0.05, 0) is 29.7 Å². The third-order valence-corrected chi connectivity index (χ3v) is 4.70. The van der Waals surface area contributed by atoms with Crippen LogP contribution in [0.4, 0.5) is 0 Å². The maximum Gasteiger partial charge on any atom is 0.232 e. The number of hydrogen-bond acceptors (Lipinski definition) is 2. The number of halogens is 1. The highest BCUT2D eigenvalue weighted by molar-refractivity contribution is 6.30. The van der Waals surface area contributed by atoms with E-state index in [4.69, 9.17) is 11.6 Å². The van der Waals surface area contributed by atoms with Gasteiger partial charge in [-0.15, -0.1) is 0 Å². The van der Waals surface area contributed by atoms with Gasteiger partial charge < -0.3 is 10.6 Å². The molecule has 0 bridgehead atoms. The summed E-state index contributed by atoms with van der Waals surface area (Å²) in [5.74, 6) is -0.0853. The van der Waals surface area contributed by atoms with Crippen molar-refractivity contribution >= 4 is 23.4 Å². The highest BCUT2D eigenvalue weighted by atomic mass is 35.5. The van der Waals surface area contributed by atoms with Gasteiger partial charge in [0.25, 0.3) is 0 Å². The van der Waals surface area contributed by atoms with Crippen molar-refractivity contribution in [3.8, 4) is 0 Å². The van der Waals surface area contributed by atoms with E-state index in [2.05, 4.69) is 10.6 Å². The molecule has 1 aliphatic rings. The van der Waals surface area contributed by atoms with Crippen LogP contribution in [0.2, 0.25) is 5.02 Å². The fraction of sp³-hybridized carbons (Fsp3) is 0.263. The van der Waals surface area contributed by atoms with E-state index in [1.54, 1.807) is 6.07 Å². The average molecular weight is 343 g/mol. The molecule has 1 saturated heterocycles. The summed E-state index contributed by atoms with van der Waals surface area (Å²) in [7, 11) is 0. The average Bonchev–Trinajstić information content (AvgIpc) is 2.61. The number of piperidine rings is 1. The van der Waals surface area contributed by atoms with Gasteiger partial charge in [0.2, 0.25) is 11.8 Å². The van der Waals surface area contributed by atoms with Crippen molar-refractivity contribution in [3.05, 3.63) is 70.7 Å². The molecule has 124 valence electrons. The highest BCUT2D eigenvalue weighted by Crippen LogP contribution is 2.32. The second kappa shape index (κ2) is 7.05. The van der Waals surface area contributed by atoms with Crippen molar-refractivity contribution in [1.29, 1.82) is 0 Å². The third kappa shape index (κ3) is 3.44. The lowest BCUT2D eigenvalue weighted by molar-refractivity contribution is -0.131. The molecule has 4 nitrogen and oxygen atoms in total. The molecular formula is C19H19ClN2O2. The van der Waals surface area contributed by atoms with E-state index in [1.807, 2.05) is 48.5 Å². The lowest BCUT2D eigenvalue weighted by Crippen LogP contribution is -2.55. The molecule has 1 atom stereocenters. The number of nitrogens with one attached hydrogen (secondary N) is 2. The minimum absolute atomic E-state index is 0.0100. The van der Waals surface area contributed by atoms with Gasteiger partial charge >= 0.3 is 0 Å². The molecule has 2 aromatic rings. The molecule has 0 aromatic heterocycles. The maximum atomic E-state index is 13.0. The Morgan fingerprint density at radius 2 is 1.96 bits per heavy atom. The lowest BCUT2D eigenvalue weighted by Gasteiger charge is -2.36. The first-order valence-electron chi connectivity index (χ1n) is 7.95. The van der Waals surface area contributed by atoms with Crippen LogP contribution in [0.15, 0.2) is 54.6 Å². The molecule has 5 heteroatoms. The van der Waals surface area contributed by atoms with Gasteiger partial charge in [0.15, 0.2) is 0 Å². The van der Waals surface area contributed by atoms with E-state index in [0.717, 1.165) is 11.1 Å². The van der Waals surface area contributed by atoms with Gasteiger partial charge in [-0.3, -0.25) is 9.59 Å². The molecular weight excluding hydrogens is 324 g/mol. The second-order valence-corrected chi connectivity index (χ2v) is 6.47. The van der Waals surface area contributed by atoms with Crippen molar-refractivity contribution in [2.24, 2.45) is 0 Å². The SMILES string of the molecule is O=C1CCC(C(=O)NCc2cccc(Cl)c2)(c2ccccc2)CN1. The summed E-state index contributed by atoms with van der Waals surface area (Å²) >= 11 is 5.99. The van der Waals surface area contributed by atoms with E-state index in [0.29, 0.717) is 31.0 Å². The minimum Gasteiger partial charge on any atom is -0.355 e. The summed E-state index contributed by atoms with van der Waals surface area (Å²) in [5, 5.41) is 6.48. The molecule has 3 rings (SSSR count). The van der Waals surface area contributed by atoms with E-state index >= 15 is 0 Å². The predicted molar refractivity (Wildman–Crippen MR) is 93.7 cm³/mol. The molecule has 24 heavy (non-hydrogen) atoms. The molecule has 1 fully saturated rings. The number of hydrogen-bond donors (Lipinski definition) is 2. The van der Waals surface area contributed by atoms with Gasteiger partial charge in [0.05, 0.1) is 5.41 Å². The molecule has 1 heterocycles. The van der Waals surface area contributed by atoms with Crippen molar-refractivity contribution < 1.29 is 9.59 Å². The summed E-state index contributed by atoms with van der Waals surface area (Å²) in [4.78, 5) is 24.6. The van der Waals surface area contributed by atoms with Crippen LogP contribution in [0.25, 0.3) is 0 Å². The summed E-state index contributed by atoms with van der Waals surface area (Å²) in [6.07, 6.45) is 0.851. The molecule has 2 aromatic carbocycles. The Morgan fingerprint density at radius 3 is 2.62 bits per heavy atom. The predicted octanol–water partition coefficient (Wildman–Crippen LogP) is 2.80. The number of benzene rings is 2. The molecule has 0 spiro atoms. The molecule has 0 radical (unpaired) electrons. The maximum absolute atomic E-state index is 13.0. The van der Waals surface area contributed by atoms with Crippen LogP contribution in [0.1, 0.15) is 24.0 Å². The zero-order chi connectivity index (χ0) is 17.0. The van der Waals surface area contributed by atoms with E-state index < -0.39 is 5.41 Å². The number of carbonyl (C=O) groups excluding carboxylic acids is 2. The second-order valence-electron chi connectivity index (χ2n) is 6.04. The first-order valence-corrected chi connectivity index (χ1v) is 8.33. The van der Waals surface area contributed by atoms with Gasteiger partial charge in [-0.1, -0.05) is 54.1 Å². The Kier molecular flexibility index (Phi) is 4.86. The summed E-state index contributed by atoms with van der Waals surface area (Å²) in [6, 6.07) is 17.0. The first-order chi connectivity index (χ1) is 11.6. The van der Waals surface area contributed by atoms with E-state index in [1.165, 1.54) is 0 Å². The molecule has 1 unspecified atom stereocenters. The fourth-order valence-corrected chi connectivity index (χ4v) is 3.29. The van der Waals surface area contributed by atoms with Crippen LogP contribution in [0, 0.1) is 0 Å². The zero-order valence-corrected chi connectivity index (χ0v) is 14.0. The Bertz CT molecular complexity index is 736. The van der Waals surface area contributed by atoms with Crippen LogP contribution in [-0.4, -0.2) is 18.4 Å². The Labute approximate surface area is 146 Å². The van der Waals surface area contributed by atoms with Crippen LogP contribution < -0.4 is 10.6 Å². The number of rotatable bonds is 4. The van der Waals surface area contributed by atoms with Crippen molar-refractivity contribution in [1.82, 2.24) is 10.6 Å². The van der Waals surface area contributed by atoms with Gasteiger partial charge in [0.1, 0.15) is 0 Å². The van der Waals surface area contributed by atoms with Crippen molar-refractivity contribution in [2.75, 3.05) is 6.54 Å². The van der Waals surface area contributed by atoms with Crippen LogP contribution >= 0.6 is 11.6 Å². The summed E-state index contributed by atoms with van der Waals surface area (Å²) < 4.78 is 0. The zero-order valence-electron chi connectivity index (χ0n) is 13.2. The molecule has 2 N–H and O–H groups in total. The van der Waals surface area contributed by atoms with E-state index in [9.17, 15) is 9.59 Å². The van der Waals surface area contributed by atoms with E-state index in [-0.39, 0.29) is 11.8 Å². The number of amides is 2. The van der Waals surface area contributed by atoms with Gasteiger partial charge in [-0.2, -0.15) is 0 Å². The lowest BCUT2D eigenvalue weighted by atomic mass is 9.73. The normalized spacial score (nSPS) is 20.3. The van der Waals surface area contributed by atoms with Gasteiger partial charge in [0, 0.05) is 24.5 Å². The van der Waals surface area contributed by atoms with Crippen molar-refractivity contribution in [3.63, 3.8) is 0 Å². The smallest absolute Gasteiger partial charge is 0.232 e. The molecule has 0 saturated carbocycles. The van der Waals surface area contributed by atoms with Crippen LogP contribution in [0.5, 0.6) is 0 Å². The minimum atomic E-state index is -0.728. The van der Waals surface area contributed by atoms with Crippen LogP contribution in [0.3, 0.4) is 0 Å². The summed E-state index contributed by atoms with van der Waals surface area (Å²) in [5.41, 5.74) is 1.14. The third-order valence-electron chi connectivity index (χ3n) is 4.47. The standard InChI is InChI=1S/C19H19ClN2O2/c20-16-8-4-5-14(11-16)12-21-18(24)19(10-9-17(23)22-13-19)15-6-2-1-3-7-15/h1-8,11H,9-10,12-13H2,(H,21,24)(H,22,23). The van der Waals surface area contributed by atoms with Crippen molar-refractivity contribution in [2.45, 2.75) is 24.8 Å². The Balaban J connectivity index is 1.80. The largest absolute Gasteiger partial charge is 0.355 e. The molecule has 0 aliphatic carbocycles. The fourth-order valence-electron chi connectivity index (χ4n) is 3.08. The quantitative estimate of drug-likeness (QED) is 0.897.